The van der Waals surface area contributed by atoms with Gasteiger partial charge in [0.15, 0.2) is 0 Å². The Morgan fingerprint density at radius 1 is 1.10 bits per heavy atom. The van der Waals surface area contributed by atoms with Gasteiger partial charge in [-0.25, -0.2) is 0 Å². The number of ether oxygens (including phenoxy) is 1. The summed E-state index contributed by atoms with van der Waals surface area (Å²) < 4.78 is 5.68. The van der Waals surface area contributed by atoms with Crippen molar-refractivity contribution < 1.29 is 9.84 Å². The minimum absolute atomic E-state index is 0.0193. The molecule has 0 fully saturated rings. The molecule has 0 saturated heterocycles. The Morgan fingerprint density at radius 3 is 2.38 bits per heavy atom. The maximum Gasteiger partial charge on any atom is 0.256 e. The molecule has 5 N–H and O–H groups in total. The number of nitrogens with two attached hydrogens (primary N) is 2. The van der Waals surface area contributed by atoms with Crippen LogP contribution >= 0.6 is 11.6 Å². The van der Waals surface area contributed by atoms with Crippen LogP contribution < -0.4 is 21.3 Å². The Labute approximate surface area is 127 Å². The van der Waals surface area contributed by atoms with Gasteiger partial charge in [0.25, 0.3) is 5.96 Å². The number of halogens is 1. The van der Waals surface area contributed by atoms with Crippen molar-refractivity contribution in [2.75, 3.05) is 0 Å². The number of nitrogens with one attached hydrogen (secondary N) is 1. The summed E-state index contributed by atoms with van der Waals surface area (Å²) >= 11 is 5.83. The van der Waals surface area contributed by atoms with E-state index >= 15 is 0 Å². The second-order valence-electron chi connectivity index (χ2n) is 4.29. The summed E-state index contributed by atoms with van der Waals surface area (Å²) in [6, 6.07) is 15.1. The first-order valence-corrected chi connectivity index (χ1v) is 6.66. The fourth-order valence-electron chi connectivity index (χ4n) is 1.59. The molecule has 108 valence electrons. The van der Waals surface area contributed by atoms with Gasteiger partial charge < -0.3 is 16.2 Å². The summed E-state index contributed by atoms with van der Waals surface area (Å²) in [5, 5.41) is 7.01. The van der Waals surface area contributed by atoms with E-state index in [1.807, 2.05) is 48.5 Å². The molecule has 0 atom stereocenters. The molecule has 0 aromatic heterocycles. The lowest BCUT2D eigenvalue weighted by molar-refractivity contribution is -0.456. The van der Waals surface area contributed by atoms with Crippen LogP contribution in [0, 0.1) is 0 Å². The Bertz CT molecular complexity index is 632. The molecule has 0 saturated carbocycles. The molecule has 5 nitrogen and oxygen atoms in total. The Kier molecular flexibility index (Phi) is 5.17. The summed E-state index contributed by atoms with van der Waals surface area (Å²) in [6.45, 7) is 0.493. The minimum atomic E-state index is -0.0193. The van der Waals surface area contributed by atoms with E-state index in [9.17, 15) is 0 Å². The maximum absolute atomic E-state index is 5.83. The highest BCUT2D eigenvalue weighted by molar-refractivity contribution is 6.30. The van der Waals surface area contributed by atoms with Crippen molar-refractivity contribution in [2.24, 2.45) is 16.6 Å². The normalized spacial score (nSPS) is 10.5. The third kappa shape index (κ3) is 5.16. The molecule has 0 aliphatic rings. The van der Waals surface area contributed by atoms with Crippen LogP contribution in [0.3, 0.4) is 0 Å². The van der Waals surface area contributed by atoms with E-state index in [0.717, 1.165) is 16.9 Å². The lowest BCUT2D eigenvalue weighted by Crippen LogP contribution is -2.63. The first kappa shape index (κ1) is 14.9. The molecule has 0 heterocycles. The van der Waals surface area contributed by atoms with Gasteiger partial charge >= 0.3 is 0 Å². The number of hydrazone groups is 1. The zero-order chi connectivity index (χ0) is 15.1. The average molecular weight is 304 g/mol. The van der Waals surface area contributed by atoms with Gasteiger partial charge in [-0.15, -0.1) is 5.10 Å². The first-order chi connectivity index (χ1) is 10.1. The summed E-state index contributed by atoms with van der Waals surface area (Å²) in [5.41, 5.74) is 12.4. The van der Waals surface area contributed by atoms with E-state index in [1.165, 1.54) is 0 Å². The second kappa shape index (κ2) is 7.31. The molecule has 21 heavy (non-hydrogen) atoms. The van der Waals surface area contributed by atoms with Crippen LogP contribution in [0.2, 0.25) is 5.02 Å². The van der Waals surface area contributed by atoms with Crippen molar-refractivity contribution in [2.45, 2.75) is 6.61 Å². The van der Waals surface area contributed by atoms with Gasteiger partial charge in [0.1, 0.15) is 12.4 Å². The SMILES string of the molecule is NC(N)=N[NH+]=Cc1ccc(OCc2ccc(Cl)cc2)cc1. The van der Waals surface area contributed by atoms with Crippen molar-refractivity contribution in [1.29, 1.82) is 0 Å². The highest BCUT2D eigenvalue weighted by Gasteiger charge is 1.98. The van der Waals surface area contributed by atoms with Crippen molar-refractivity contribution in [1.82, 2.24) is 0 Å². The summed E-state index contributed by atoms with van der Waals surface area (Å²) in [4.78, 5) is 0. The molecule has 0 radical (unpaired) electrons. The zero-order valence-electron chi connectivity index (χ0n) is 11.3. The van der Waals surface area contributed by atoms with E-state index < -0.39 is 0 Å². The number of hydrogen-bond acceptors (Lipinski definition) is 2. The number of benzene rings is 2. The number of rotatable bonds is 5. The van der Waals surface area contributed by atoms with Crippen LogP contribution in [0.25, 0.3) is 0 Å². The van der Waals surface area contributed by atoms with E-state index in [2.05, 4.69) is 10.2 Å². The van der Waals surface area contributed by atoms with Gasteiger partial charge in [-0.05, 0) is 42.0 Å². The van der Waals surface area contributed by atoms with Crippen molar-refractivity contribution >= 4 is 23.8 Å². The topological polar surface area (TPSA) is 87.6 Å². The maximum atomic E-state index is 5.83. The quantitative estimate of drug-likeness (QED) is 0.429. The smallest absolute Gasteiger partial charge is 0.256 e. The minimum Gasteiger partial charge on any atom is -0.489 e. The largest absolute Gasteiger partial charge is 0.489 e. The third-order valence-corrected chi connectivity index (χ3v) is 2.88. The molecule has 0 unspecified atom stereocenters. The number of nitrogens with zero attached hydrogens (tertiary/aromatic N) is 1. The average Bonchev–Trinajstić information content (AvgIpc) is 2.48. The number of hydrogen-bond donors (Lipinski definition) is 3. The summed E-state index contributed by atoms with van der Waals surface area (Å²) in [7, 11) is 0. The van der Waals surface area contributed by atoms with Gasteiger partial charge in [-0.1, -0.05) is 23.7 Å². The Morgan fingerprint density at radius 2 is 1.76 bits per heavy atom. The molecule has 0 spiro atoms. The predicted molar refractivity (Wildman–Crippen MR) is 84.2 cm³/mol. The van der Waals surface area contributed by atoms with Crippen LogP contribution in [0.5, 0.6) is 5.75 Å². The molecule has 0 bridgehead atoms. The highest BCUT2D eigenvalue weighted by atomic mass is 35.5. The monoisotopic (exact) mass is 303 g/mol. The van der Waals surface area contributed by atoms with Crippen molar-refractivity contribution in [3.63, 3.8) is 0 Å². The molecule has 2 aromatic carbocycles. The molecule has 0 aliphatic heterocycles. The van der Waals surface area contributed by atoms with Crippen LogP contribution in [-0.4, -0.2) is 12.2 Å². The molecule has 0 amide bonds. The zero-order valence-corrected chi connectivity index (χ0v) is 12.0. The molecule has 0 aliphatic carbocycles. The molecule has 2 aromatic rings. The Hall–Kier alpha value is -2.53. The lowest BCUT2D eigenvalue weighted by atomic mass is 10.2. The first-order valence-electron chi connectivity index (χ1n) is 6.28. The molecule has 6 heteroatoms. The summed E-state index contributed by atoms with van der Waals surface area (Å²) in [5.74, 6) is 0.762. The van der Waals surface area contributed by atoms with Crippen LogP contribution in [-0.2, 0) is 6.61 Å². The fourth-order valence-corrected chi connectivity index (χ4v) is 1.71. The van der Waals surface area contributed by atoms with E-state index in [4.69, 9.17) is 27.8 Å². The van der Waals surface area contributed by atoms with Gasteiger partial charge in [-0.3, -0.25) is 0 Å². The lowest BCUT2D eigenvalue weighted by Gasteiger charge is -2.06. The van der Waals surface area contributed by atoms with Crippen LogP contribution in [0.15, 0.2) is 53.6 Å². The summed E-state index contributed by atoms with van der Waals surface area (Å²) in [6.07, 6.45) is 1.68. The van der Waals surface area contributed by atoms with Crippen LogP contribution in [0.4, 0.5) is 0 Å². The van der Waals surface area contributed by atoms with E-state index in [-0.39, 0.29) is 5.96 Å². The third-order valence-electron chi connectivity index (χ3n) is 2.62. The highest BCUT2D eigenvalue weighted by Crippen LogP contribution is 2.14. The van der Waals surface area contributed by atoms with Gasteiger partial charge in [0, 0.05) is 15.7 Å². The van der Waals surface area contributed by atoms with Gasteiger partial charge in [-0.2, -0.15) is 0 Å². The predicted octanol–water partition coefficient (Wildman–Crippen LogP) is 0.607. The van der Waals surface area contributed by atoms with E-state index in [0.29, 0.717) is 11.6 Å². The van der Waals surface area contributed by atoms with E-state index in [1.54, 1.807) is 6.21 Å². The second-order valence-corrected chi connectivity index (χ2v) is 4.73. The molecule has 2 rings (SSSR count). The fraction of sp³-hybridized carbons (Fsp3) is 0.0667. The van der Waals surface area contributed by atoms with Crippen LogP contribution in [0.1, 0.15) is 11.1 Å². The number of guanidine groups is 1. The molecular formula is C15H16ClN4O+. The van der Waals surface area contributed by atoms with Gasteiger partial charge in [0.2, 0.25) is 6.21 Å². The van der Waals surface area contributed by atoms with Crippen molar-refractivity contribution in [3.8, 4) is 5.75 Å². The van der Waals surface area contributed by atoms with Gasteiger partial charge in [0.05, 0.1) is 0 Å². The molecular weight excluding hydrogens is 288 g/mol. The van der Waals surface area contributed by atoms with Crippen molar-refractivity contribution in [3.05, 3.63) is 64.7 Å². The Balaban J connectivity index is 1.91. The standard InChI is InChI=1S/C15H15ClN4O/c16-13-5-1-12(2-6-13)10-21-14-7-3-11(4-8-14)9-19-20-15(17)18/h1-9H,10H2,(H4,17,18,20)/p+1.